The molecule has 0 rings (SSSR count). The molecule has 0 fully saturated rings. The topological polar surface area (TPSA) is 0 Å². The second-order valence-electron chi connectivity index (χ2n) is 11.7. The molecule has 0 aromatic carbocycles. The molecular weight excluding hydrogens is 408 g/mol. The molecule has 0 aromatic rings. The predicted octanol–water partition coefficient (Wildman–Crippen LogP) is 12.6. The summed E-state index contributed by atoms with van der Waals surface area (Å²) in [6, 6.07) is 0. The van der Waals surface area contributed by atoms with Gasteiger partial charge in [-0.15, -0.1) is 0 Å². The molecule has 0 bridgehead atoms. The van der Waals surface area contributed by atoms with E-state index in [1.54, 1.807) is 0 Å². The van der Waals surface area contributed by atoms with Crippen molar-refractivity contribution in [1.29, 1.82) is 0 Å². The standard InChI is InChI=1S/C9H20.C9H18.C8H18.C8H16/c2*1-5-7-9(6-2)8(3)4;2*1-5-6-8(4)7(2)3/h8-9H,5-7H2,1-4H3;5,7-9H,6H2,1-4H3;7-8H,5-6H2,1-4H3;5-8H,1-4H3/b;7-5+;;6-5+/t;9-;8-;/m.00./s1. The Morgan fingerprint density at radius 2 is 0.971 bits per heavy atom. The van der Waals surface area contributed by atoms with E-state index in [1.165, 1.54) is 38.5 Å². The molecule has 0 heteroatoms. The molecule has 0 spiro atoms. The highest BCUT2D eigenvalue weighted by Gasteiger charge is 2.08. The molecule has 0 saturated heterocycles. The highest BCUT2D eigenvalue weighted by Crippen LogP contribution is 2.19. The van der Waals surface area contributed by atoms with Gasteiger partial charge in [-0.2, -0.15) is 0 Å². The van der Waals surface area contributed by atoms with E-state index < -0.39 is 0 Å². The molecule has 0 aromatic heterocycles. The summed E-state index contributed by atoms with van der Waals surface area (Å²) in [4.78, 5) is 0. The zero-order valence-electron chi connectivity index (χ0n) is 27.2. The van der Waals surface area contributed by atoms with Crippen molar-refractivity contribution in [2.24, 2.45) is 47.3 Å². The van der Waals surface area contributed by atoms with Gasteiger partial charge in [0.05, 0.1) is 0 Å². The Morgan fingerprint density at radius 3 is 1.09 bits per heavy atom. The van der Waals surface area contributed by atoms with Crippen molar-refractivity contribution in [2.45, 2.75) is 149 Å². The lowest BCUT2D eigenvalue weighted by atomic mass is 9.89. The van der Waals surface area contributed by atoms with Crippen LogP contribution in [-0.4, -0.2) is 0 Å². The first kappa shape index (κ1) is 40.6. The van der Waals surface area contributed by atoms with Crippen molar-refractivity contribution in [1.82, 2.24) is 0 Å². The minimum absolute atomic E-state index is 0.736. The average Bonchev–Trinajstić information content (AvgIpc) is 2.76. The van der Waals surface area contributed by atoms with Crippen molar-refractivity contribution in [3.05, 3.63) is 24.3 Å². The first-order valence-corrected chi connectivity index (χ1v) is 15.1. The van der Waals surface area contributed by atoms with Crippen LogP contribution in [0.3, 0.4) is 0 Å². The summed E-state index contributed by atoms with van der Waals surface area (Å²) in [5, 5.41) is 0. The van der Waals surface area contributed by atoms with Gasteiger partial charge in [-0.1, -0.05) is 153 Å². The van der Waals surface area contributed by atoms with E-state index in [-0.39, 0.29) is 0 Å². The van der Waals surface area contributed by atoms with E-state index in [0.29, 0.717) is 0 Å². The lowest BCUT2D eigenvalue weighted by Gasteiger charge is -2.17. The zero-order valence-corrected chi connectivity index (χ0v) is 27.2. The third kappa shape index (κ3) is 29.5. The summed E-state index contributed by atoms with van der Waals surface area (Å²) in [5.41, 5.74) is 0. The van der Waals surface area contributed by atoms with Crippen LogP contribution in [0.25, 0.3) is 0 Å². The van der Waals surface area contributed by atoms with Crippen LogP contribution in [0, 0.1) is 47.3 Å². The molecule has 0 aliphatic carbocycles. The summed E-state index contributed by atoms with van der Waals surface area (Å²) >= 11 is 0. The Labute approximate surface area is 220 Å². The number of hydrogen-bond donors (Lipinski definition) is 0. The molecule has 208 valence electrons. The van der Waals surface area contributed by atoms with Crippen LogP contribution in [0.2, 0.25) is 0 Å². The van der Waals surface area contributed by atoms with E-state index in [1.807, 2.05) is 0 Å². The normalized spacial score (nSPS) is 14.9. The number of allylic oxidation sites excluding steroid dienone is 4. The predicted molar refractivity (Wildman–Crippen MR) is 165 cm³/mol. The van der Waals surface area contributed by atoms with Crippen LogP contribution < -0.4 is 0 Å². The van der Waals surface area contributed by atoms with Crippen LogP contribution >= 0.6 is 0 Å². The zero-order chi connectivity index (χ0) is 27.7. The van der Waals surface area contributed by atoms with Crippen LogP contribution in [0.4, 0.5) is 0 Å². The molecule has 2 unspecified atom stereocenters. The van der Waals surface area contributed by atoms with Gasteiger partial charge in [-0.3, -0.25) is 0 Å². The maximum absolute atomic E-state index is 2.33. The molecule has 0 aliphatic heterocycles. The molecule has 0 amide bonds. The second-order valence-corrected chi connectivity index (χ2v) is 11.7. The minimum atomic E-state index is 0.736. The van der Waals surface area contributed by atoms with Gasteiger partial charge in [-0.25, -0.2) is 0 Å². The van der Waals surface area contributed by atoms with Crippen LogP contribution in [0.15, 0.2) is 24.3 Å². The van der Waals surface area contributed by atoms with E-state index in [4.69, 9.17) is 0 Å². The van der Waals surface area contributed by atoms with Crippen molar-refractivity contribution in [2.75, 3.05) is 0 Å². The Bertz CT molecular complexity index is 410. The van der Waals surface area contributed by atoms with Crippen molar-refractivity contribution >= 4 is 0 Å². The highest BCUT2D eigenvalue weighted by atomic mass is 14.1. The van der Waals surface area contributed by atoms with E-state index in [9.17, 15) is 0 Å². The minimum Gasteiger partial charge on any atom is -0.0914 e. The Morgan fingerprint density at radius 1 is 0.500 bits per heavy atom. The van der Waals surface area contributed by atoms with Crippen LogP contribution in [0.5, 0.6) is 0 Å². The largest absolute Gasteiger partial charge is 0.0914 e. The van der Waals surface area contributed by atoms with Crippen LogP contribution in [-0.2, 0) is 0 Å². The molecule has 0 radical (unpaired) electrons. The molecule has 0 N–H and O–H groups in total. The summed E-state index contributed by atoms with van der Waals surface area (Å²) in [5.74, 6) is 6.74. The molecule has 4 atom stereocenters. The van der Waals surface area contributed by atoms with Gasteiger partial charge >= 0.3 is 0 Å². The second kappa shape index (κ2) is 28.7. The first-order chi connectivity index (χ1) is 15.8. The Balaban J connectivity index is -0.000000177. The Kier molecular flexibility index (Phi) is 34.3. The molecule has 0 heterocycles. The quantitative estimate of drug-likeness (QED) is 0.243. The van der Waals surface area contributed by atoms with Gasteiger partial charge < -0.3 is 0 Å². The molecule has 0 aliphatic rings. The van der Waals surface area contributed by atoms with Gasteiger partial charge in [-0.05, 0) is 67.6 Å². The maximum atomic E-state index is 2.33. The van der Waals surface area contributed by atoms with E-state index >= 15 is 0 Å². The Hall–Kier alpha value is -0.520. The lowest BCUT2D eigenvalue weighted by Crippen LogP contribution is -2.06. The number of hydrogen-bond acceptors (Lipinski definition) is 0. The summed E-state index contributed by atoms with van der Waals surface area (Å²) in [7, 11) is 0. The molecular formula is C34H72. The lowest BCUT2D eigenvalue weighted by molar-refractivity contribution is 0.346. The monoisotopic (exact) mass is 481 g/mol. The van der Waals surface area contributed by atoms with Gasteiger partial charge in [0.25, 0.3) is 0 Å². The van der Waals surface area contributed by atoms with Gasteiger partial charge in [0.2, 0.25) is 0 Å². The average molecular weight is 481 g/mol. The molecule has 0 nitrogen and oxygen atoms in total. The fourth-order valence-electron chi connectivity index (χ4n) is 3.77. The SMILES string of the molecule is C/C=C/C(C)C(C)C.C/C=C/[C@H](CC)C(C)C.CCCC(CC)C(C)C.CCC[C@H](C)C(C)C. The summed E-state index contributed by atoms with van der Waals surface area (Å²) in [6.07, 6.45) is 16.9. The van der Waals surface area contributed by atoms with Gasteiger partial charge in [0.1, 0.15) is 0 Å². The van der Waals surface area contributed by atoms with Crippen LogP contribution in [0.1, 0.15) is 149 Å². The third-order valence-corrected chi connectivity index (χ3v) is 7.32. The van der Waals surface area contributed by atoms with Crippen molar-refractivity contribution in [3.63, 3.8) is 0 Å². The van der Waals surface area contributed by atoms with Gasteiger partial charge in [0.15, 0.2) is 0 Å². The molecule has 34 heavy (non-hydrogen) atoms. The fraction of sp³-hybridized carbons (Fsp3) is 0.882. The summed E-state index contributed by atoms with van der Waals surface area (Å²) in [6.45, 7) is 36.0. The fourth-order valence-corrected chi connectivity index (χ4v) is 3.77. The summed E-state index contributed by atoms with van der Waals surface area (Å²) < 4.78 is 0. The molecule has 0 saturated carbocycles. The van der Waals surface area contributed by atoms with Gasteiger partial charge in [0, 0.05) is 0 Å². The smallest absolute Gasteiger partial charge is 0.0213 e. The van der Waals surface area contributed by atoms with Crippen molar-refractivity contribution in [3.8, 4) is 0 Å². The van der Waals surface area contributed by atoms with E-state index in [2.05, 4.69) is 135 Å². The van der Waals surface area contributed by atoms with E-state index in [0.717, 1.165) is 47.3 Å². The van der Waals surface area contributed by atoms with Crippen molar-refractivity contribution < 1.29 is 0 Å². The maximum Gasteiger partial charge on any atom is -0.0213 e. The highest BCUT2D eigenvalue weighted by molar-refractivity contribution is 4.86. The first-order valence-electron chi connectivity index (χ1n) is 15.1. The number of rotatable bonds is 12. The third-order valence-electron chi connectivity index (χ3n) is 7.32.